The molecule has 162 valence electrons. The second-order valence-electron chi connectivity index (χ2n) is 6.35. The van der Waals surface area contributed by atoms with E-state index in [1.54, 1.807) is 23.2 Å². The van der Waals surface area contributed by atoms with Crippen LogP contribution in [-0.4, -0.2) is 40.8 Å². The maximum atomic E-state index is 12.8. The van der Waals surface area contributed by atoms with Gasteiger partial charge in [0.1, 0.15) is 12.3 Å². The lowest BCUT2D eigenvalue weighted by atomic mass is 10.2. The van der Waals surface area contributed by atoms with E-state index in [4.69, 9.17) is 4.74 Å². The molecule has 6 nitrogen and oxygen atoms in total. The molecule has 0 unspecified atom stereocenters. The lowest BCUT2D eigenvalue weighted by molar-refractivity contribution is -0.137. The molecule has 1 aliphatic heterocycles. The fourth-order valence-electron chi connectivity index (χ4n) is 2.57. The zero-order chi connectivity index (χ0) is 22.3. The number of thioether (sulfide) groups is 1. The minimum absolute atomic E-state index is 0.0656. The highest BCUT2D eigenvalue weighted by atomic mass is 32.2. The van der Waals surface area contributed by atoms with Crippen LogP contribution in [0.3, 0.4) is 0 Å². The number of aliphatic imine (C=N–C) groups is 1. The number of amides is 1. The Morgan fingerprint density at radius 1 is 1.23 bits per heavy atom. The summed E-state index contributed by atoms with van der Waals surface area (Å²) in [6.07, 6.45) is -2.80. The molecular formula is C21H19F3N4O2S. The van der Waals surface area contributed by atoms with Crippen molar-refractivity contribution in [2.45, 2.75) is 6.18 Å². The van der Waals surface area contributed by atoms with E-state index in [0.29, 0.717) is 29.9 Å². The number of rotatable bonds is 6. The molecule has 0 aromatic heterocycles. The molecule has 0 saturated carbocycles. The van der Waals surface area contributed by atoms with E-state index < -0.39 is 17.6 Å². The highest BCUT2D eigenvalue weighted by molar-refractivity contribution is 8.14. The maximum Gasteiger partial charge on any atom is 0.416 e. The van der Waals surface area contributed by atoms with Crippen molar-refractivity contribution in [3.05, 3.63) is 72.8 Å². The number of hydrogen-bond donors (Lipinski definition) is 1. The van der Waals surface area contributed by atoms with Crippen LogP contribution in [0.1, 0.15) is 5.56 Å². The van der Waals surface area contributed by atoms with Gasteiger partial charge in [0.2, 0.25) is 17.0 Å². The van der Waals surface area contributed by atoms with Crippen LogP contribution in [0.5, 0.6) is 5.75 Å². The normalized spacial score (nSPS) is 13.8. The number of hydrazone groups is 1. The van der Waals surface area contributed by atoms with Crippen molar-refractivity contribution < 1.29 is 22.7 Å². The van der Waals surface area contributed by atoms with Gasteiger partial charge in [-0.1, -0.05) is 42.1 Å². The number of alkyl halides is 3. The second-order valence-corrected chi connectivity index (χ2v) is 7.30. The van der Waals surface area contributed by atoms with Crippen molar-refractivity contribution in [3.63, 3.8) is 0 Å². The van der Waals surface area contributed by atoms with Crippen molar-refractivity contribution in [3.8, 4) is 5.75 Å². The number of nitrogens with zero attached hydrogens (tertiary/aromatic N) is 3. The number of carbonyl (C=O) groups is 1. The number of ether oxygens (including phenoxy) is 1. The first kappa shape index (κ1) is 22.4. The molecule has 1 heterocycles. The molecule has 1 amide bonds. The molecule has 0 fully saturated rings. The SMILES string of the molecule is C=CCN1CC(Oc2ccccc2)=NC(SCC(=O)Nc2cccc(C(F)(F)F)c2)=N1. The smallest absolute Gasteiger partial charge is 0.416 e. The number of benzene rings is 2. The second kappa shape index (κ2) is 10.2. The van der Waals surface area contributed by atoms with Crippen molar-refractivity contribution in [2.24, 2.45) is 10.1 Å². The van der Waals surface area contributed by atoms with Gasteiger partial charge in [-0.3, -0.25) is 9.80 Å². The molecular weight excluding hydrogens is 429 g/mol. The molecule has 2 aromatic rings. The van der Waals surface area contributed by atoms with Crippen molar-refractivity contribution in [1.29, 1.82) is 0 Å². The van der Waals surface area contributed by atoms with Crippen molar-refractivity contribution in [1.82, 2.24) is 5.01 Å². The van der Waals surface area contributed by atoms with E-state index in [1.807, 2.05) is 18.2 Å². The van der Waals surface area contributed by atoms with E-state index in [0.717, 1.165) is 23.9 Å². The topological polar surface area (TPSA) is 66.3 Å². The Bertz CT molecular complexity index is 994. The van der Waals surface area contributed by atoms with Crippen LogP contribution >= 0.6 is 11.8 Å². The average Bonchev–Trinajstić information content (AvgIpc) is 2.73. The lowest BCUT2D eigenvalue weighted by Gasteiger charge is -2.23. The molecule has 0 bridgehead atoms. The Morgan fingerprint density at radius 3 is 2.71 bits per heavy atom. The number of halogens is 3. The van der Waals surface area contributed by atoms with Crippen LogP contribution in [-0.2, 0) is 11.0 Å². The fourth-order valence-corrected chi connectivity index (χ4v) is 3.24. The van der Waals surface area contributed by atoms with Crippen molar-refractivity contribution >= 4 is 34.4 Å². The number of para-hydroxylation sites is 1. The van der Waals surface area contributed by atoms with Crippen molar-refractivity contribution in [2.75, 3.05) is 24.2 Å². The van der Waals surface area contributed by atoms with E-state index in [1.165, 1.54) is 12.1 Å². The zero-order valence-electron chi connectivity index (χ0n) is 16.3. The third kappa shape index (κ3) is 6.88. The largest absolute Gasteiger partial charge is 0.441 e. The lowest BCUT2D eigenvalue weighted by Crippen LogP contribution is -2.33. The first-order valence-electron chi connectivity index (χ1n) is 9.18. The average molecular weight is 448 g/mol. The van der Waals surface area contributed by atoms with Crippen LogP contribution in [0, 0.1) is 0 Å². The number of hydrogen-bond acceptors (Lipinski definition) is 6. The quantitative estimate of drug-likeness (QED) is 0.655. The summed E-state index contributed by atoms with van der Waals surface area (Å²) in [6, 6.07) is 13.6. The summed E-state index contributed by atoms with van der Waals surface area (Å²) in [5.41, 5.74) is -0.766. The zero-order valence-corrected chi connectivity index (χ0v) is 17.1. The Hall–Kier alpha value is -3.27. The summed E-state index contributed by atoms with van der Waals surface area (Å²) in [5, 5.41) is 8.78. The van der Waals surface area contributed by atoms with E-state index >= 15 is 0 Å². The molecule has 10 heteroatoms. The summed E-state index contributed by atoms with van der Waals surface area (Å²) in [7, 11) is 0. The minimum atomic E-state index is -4.48. The van der Waals surface area contributed by atoms with Gasteiger partial charge in [0.15, 0.2) is 0 Å². The first-order chi connectivity index (χ1) is 14.8. The number of anilines is 1. The van der Waals surface area contributed by atoms with E-state index in [2.05, 4.69) is 22.0 Å². The molecule has 2 aromatic carbocycles. The number of carbonyl (C=O) groups excluding carboxylic acids is 1. The highest BCUT2D eigenvalue weighted by Crippen LogP contribution is 2.30. The van der Waals surface area contributed by atoms with Crippen LogP contribution in [0.4, 0.5) is 18.9 Å². The Labute approximate surface area is 181 Å². The van der Waals surface area contributed by atoms with Gasteiger partial charge in [0, 0.05) is 5.69 Å². The summed E-state index contributed by atoms with van der Waals surface area (Å²) < 4.78 is 44.2. The maximum absolute atomic E-state index is 12.8. The van der Waals surface area contributed by atoms with Gasteiger partial charge in [-0.2, -0.15) is 18.2 Å². The van der Waals surface area contributed by atoms with Crippen LogP contribution < -0.4 is 10.1 Å². The van der Waals surface area contributed by atoms with Crippen LogP contribution in [0.15, 0.2) is 77.3 Å². The number of nitrogens with one attached hydrogen (secondary N) is 1. The molecule has 0 saturated heterocycles. The van der Waals surface area contributed by atoms with Gasteiger partial charge in [-0.25, -0.2) is 0 Å². The van der Waals surface area contributed by atoms with Gasteiger partial charge < -0.3 is 10.1 Å². The summed E-state index contributed by atoms with van der Waals surface area (Å²) >= 11 is 1.05. The minimum Gasteiger partial charge on any atom is -0.441 e. The van der Waals surface area contributed by atoms with E-state index in [-0.39, 0.29) is 11.4 Å². The van der Waals surface area contributed by atoms with Crippen LogP contribution in [0.25, 0.3) is 0 Å². The first-order valence-corrected chi connectivity index (χ1v) is 10.2. The molecule has 0 aliphatic carbocycles. The van der Waals surface area contributed by atoms with Gasteiger partial charge in [0.25, 0.3) is 0 Å². The monoisotopic (exact) mass is 448 g/mol. The van der Waals surface area contributed by atoms with E-state index in [9.17, 15) is 18.0 Å². The van der Waals surface area contributed by atoms with Gasteiger partial charge in [-0.05, 0) is 30.3 Å². The molecule has 0 radical (unpaired) electrons. The van der Waals surface area contributed by atoms with Gasteiger partial charge >= 0.3 is 6.18 Å². The molecule has 0 atom stereocenters. The Morgan fingerprint density at radius 2 is 2.00 bits per heavy atom. The molecule has 3 rings (SSSR count). The van der Waals surface area contributed by atoms with Crippen LogP contribution in [0.2, 0.25) is 0 Å². The fraction of sp³-hybridized carbons (Fsp3) is 0.190. The standard InChI is InChI=1S/C21H19F3N4O2S/c1-2-11-28-13-19(30-17-9-4-3-5-10-17)26-20(27-28)31-14-18(29)25-16-8-6-7-15(12-16)21(22,23)24/h2-10,12H,1,11,13-14H2,(H,25,29). The third-order valence-corrected chi connectivity index (χ3v) is 4.73. The predicted molar refractivity (Wildman–Crippen MR) is 116 cm³/mol. The molecule has 31 heavy (non-hydrogen) atoms. The third-order valence-electron chi connectivity index (χ3n) is 3.89. The Kier molecular flexibility index (Phi) is 7.35. The molecule has 0 spiro atoms. The Balaban J connectivity index is 1.63. The molecule has 1 aliphatic rings. The summed E-state index contributed by atoms with van der Waals surface area (Å²) in [5.74, 6) is 0.463. The predicted octanol–water partition coefficient (Wildman–Crippen LogP) is 4.63. The van der Waals surface area contributed by atoms with Gasteiger partial charge in [-0.15, -0.1) is 11.7 Å². The number of amidine groups is 1. The summed E-state index contributed by atoms with van der Waals surface area (Å²) in [4.78, 5) is 16.6. The highest BCUT2D eigenvalue weighted by Gasteiger charge is 2.30. The molecule has 1 N–H and O–H groups in total. The van der Waals surface area contributed by atoms with Gasteiger partial charge in [0.05, 0.1) is 17.9 Å². The summed E-state index contributed by atoms with van der Waals surface area (Å²) in [6.45, 7) is 4.48.